The van der Waals surface area contributed by atoms with E-state index in [9.17, 15) is 15.2 Å². The van der Waals surface area contributed by atoms with Crippen LogP contribution in [0.15, 0.2) is 52.3 Å². The van der Waals surface area contributed by atoms with Crippen LogP contribution in [-0.4, -0.2) is 16.6 Å². The Bertz CT molecular complexity index is 645. The van der Waals surface area contributed by atoms with Crippen molar-refractivity contribution in [3.05, 3.63) is 52.6 Å². The monoisotopic (exact) mass is 305 g/mol. The average Bonchev–Trinajstić information content (AvgIpc) is 2.47. The summed E-state index contributed by atoms with van der Waals surface area (Å²) in [4.78, 5) is 11.8. The fourth-order valence-corrected chi connectivity index (χ4v) is 2.62. The molecule has 2 rings (SSSR count). The molecular weight excluding hydrogens is 290 g/mol. The number of para-hydroxylation sites is 1. The Kier molecular flexibility index (Phi) is 5.05. The molecule has 0 saturated carbocycles. The lowest BCUT2D eigenvalue weighted by molar-refractivity contribution is -0.385. The molecule has 0 atom stereocenters. The molecule has 21 heavy (non-hydrogen) atoms. The normalized spacial score (nSPS) is 10.3. The quantitative estimate of drug-likeness (QED) is 0.638. The van der Waals surface area contributed by atoms with Gasteiger partial charge in [-0.1, -0.05) is 30.8 Å². The largest absolute Gasteiger partial charge is 0.507 e. The molecule has 0 radical (unpaired) electrons. The van der Waals surface area contributed by atoms with Gasteiger partial charge < -0.3 is 9.84 Å². The summed E-state index contributed by atoms with van der Waals surface area (Å²) in [5.41, 5.74) is -0.0264. The van der Waals surface area contributed by atoms with Crippen LogP contribution < -0.4 is 4.74 Å². The van der Waals surface area contributed by atoms with Gasteiger partial charge in [-0.25, -0.2) is 0 Å². The predicted octanol–water partition coefficient (Wildman–Crippen LogP) is 4.24. The number of hydrogen-bond donors (Lipinski definition) is 1. The lowest BCUT2D eigenvalue weighted by Crippen LogP contribution is -1.96. The van der Waals surface area contributed by atoms with Gasteiger partial charge >= 0.3 is 0 Å². The third-order valence-corrected chi connectivity index (χ3v) is 3.68. The lowest BCUT2D eigenvalue weighted by Gasteiger charge is -2.08. The highest BCUT2D eigenvalue weighted by Crippen LogP contribution is 2.37. The van der Waals surface area contributed by atoms with Crippen LogP contribution in [-0.2, 0) is 0 Å². The molecular formula is C15H15NO4S. The topological polar surface area (TPSA) is 72.6 Å². The highest BCUT2D eigenvalue weighted by molar-refractivity contribution is 7.99. The summed E-state index contributed by atoms with van der Waals surface area (Å²) in [5, 5.41) is 20.8. The van der Waals surface area contributed by atoms with Crippen LogP contribution in [0.1, 0.15) is 13.3 Å². The Morgan fingerprint density at radius 1 is 1.29 bits per heavy atom. The molecule has 0 saturated heterocycles. The van der Waals surface area contributed by atoms with E-state index in [4.69, 9.17) is 4.74 Å². The maximum Gasteiger partial charge on any atom is 0.274 e. The van der Waals surface area contributed by atoms with Gasteiger partial charge in [-0.2, -0.15) is 0 Å². The molecule has 1 N–H and O–H groups in total. The summed E-state index contributed by atoms with van der Waals surface area (Å²) in [5.74, 6) is 0.606. The number of nitrogens with zero attached hydrogens (tertiary/aromatic N) is 1. The number of benzene rings is 2. The predicted molar refractivity (Wildman–Crippen MR) is 81.1 cm³/mol. The lowest BCUT2D eigenvalue weighted by atomic mass is 10.3. The number of nitro benzene ring substituents is 1. The molecule has 0 bridgehead atoms. The number of phenolic OH excluding ortho intramolecular Hbond substituents is 1. The third kappa shape index (κ3) is 4.13. The smallest absolute Gasteiger partial charge is 0.274 e. The van der Waals surface area contributed by atoms with Gasteiger partial charge in [0.05, 0.1) is 22.5 Å². The van der Waals surface area contributed by atoms with Crippen molar-refractivity contribution in [3.8, 4) is 11.5 Å². The maximum absolute atomic E-state index is 11.0. The molecule has 0 amide bonds. The number of ether oxygens (including phenoxy) is 1. The Morgan fingerprint density at radius 3 is 2.71 bits per heavy atom. The van der Waals surface area contributed by atoms with Gasteiger partial charge in [0.15, 0.2) is 0 Å². The van der Waals surface area contributed by atoms with E-state index in [1.165, 1.54) is 23.9 Å². The van der Waals surface area contributed by atoms with Crippen molar-refractivity contribution in [3.63, 3.8) is 0 Å². The zero-order valence-corrected chi connectivity index (χ0v) is 12.3. The second kappa shape index (κ2) is 6.99. The van der Waals surface area contributed by atoms with Crippen molar-refractivity contribution in [1.29, 1.82) is 0 Å². The van der Waals surface area contributed by atoms with E-state index in [1.807, 2.05) is 6.92 Å². The first kappa shape index (κ1) is 15.2. The second-order valence-electron chi connectivity index (χ2n) is 4.34. The summed E-state index contributed by atoms with van der Waals surface area (Å²) in [6.45, 7) is 2.47. The first-order chi connectivity index (χ1) is 10.1. The molecule has 0 aliphatic carbocycles. The SMILES string of the molecule is CCCOc1cc(Sc2ccccc2O)cc([N+](=O)[O-])c1. The summed E-state index contributed by atoms with van der Waals surface area (Å²) in [6.07, 6.45) is 0.824. The van der Waals surface area contributed by atoms with Gasteiger partial charge in [-0.05, 0) is 24.6 Å². The Balaban J connectivity index is 2.31. The van der Waals surface area contributed by atoms with E-state index in [-0.39, 0.29) is 11.4 Å². The zero-order chi connectivity index (χ0) is 15.2. The summed E-state index contributed by atoms with van der Waals surface area (Å²) in [7, 11) is 0. The number of non-ortho nitro benzene ring substituents is 1. The van der Waals surface area contributed by atoms with Gasteiger partial charge in [-0.15, -0.1) is 0 Å². The van der Waals surface area contributed by atoms with E-state index in [0.29, 0.717) is 22.1 Å². The van der Waals surface area contributed by atoms with Gasteiger partial charge in [0, 0.05) is 11.0 Å². The fourth-order valence-electron chi connectivity index (χ4n) is 1.69. The minimum Gasteiger partial charge on any atom is -0.507 e. The molecule has 0 fully saturated rings. The van der Waals surface area contributed by atoms with E-state index in [2.05, 4.69) is 0 Å². The summed E-state index contributed by atoms with van der Waals surface area (Å²) in [6, 6.07) is 11.5. The van der Waals surface area contributed by atoms with Gasteiger partial charge in [-0.3, -0.25) is 10.1 Å². The van der Waals surface area contributed by atoms with E-state index >= 15 is 0 Å². The first-order valence-corrected chi connectivity index (χ1v) is 7.30. The van der Waals surface area contributed by atoms with Gasteiger partial charge in [0.2, 0.25) is 0 Å². The molecule has 2 aromatic carbocycles. The van der Waals surface area contributed by atoms with Crippen molar-refractivity contribution < 1.29 is 14.8 Å². The molecule has 0 aliphatic rings. The fraction of sp³-hybridized carbons (Fsp3) is 0.200. The number of rotatable bonds is 6. The van der Waals surface area contributed by atoms with Crippen LogP contribution >= 0.6 is 11.8 Å². The van der Waals surface area contributed by atoms with Crippen LogP contribution in [0.4, 0.5) is 5.69 Å². The second-order valence-corrected chi connectivity index (χ2v) is 5.45. The molecule has 0 unspecified atom stereocenters. The van der Waals surface area contributed by atoms with Gasteiger partial charge in [0.1, 0.15) is 11.5 Å². The molecule has 2 aromatic rings. The van der Waals surface area contributed by atoms with Crippen LogP contribution in [0.5, 0.6) is 11.5 Å². The highest BCUT2D eigenvalue weighted by atomic mass is 32.2. The first-order valence-electron chi connectivity index (χ1n) is 6.48. The Morgan fingerprint density at radius 2 is 2.05 bits per heavy atom. The van der Waals surface area contributed by atoms with Crippen LogP contribution in [0.2, 0.25) is 0 Å². The Hall–Kier alpha value is -2.21. The highest BCUT2D eigenvalue weighted by Gasteiger charge is 2.12. The summed E-state index contributed by atoms with van der Waals surface area (Å²) >= 11 is 1.26. The average molecular weight is 305 g/mol. The van der Waals surface area contributed by atoms with E-state index < -0.39 is 4.92 Å². The molecule has 0 heterocycles. The standard InChI is InChI=1S/C15H15NO4S/c1-2-7-20-12-8-11(16(18)19)9-13(10-12)21-15-6-4-3-5-14(15)17/h3-6,8-10,17H,2,7H2,1H3. The maximum atomic E-state index is 11.0. The van der Waals surface area contributed by atoms with Crippen molar-refractivity contribution in [1.82, 2.24) is 0 Å². The number of nitro groups is 1. The number of aromatic hydroxyl groups is 1. The minimum absolute atomic E-state index is 0.0264. The van der Waals surface area contributed by atoms with Crippen LogP contribution in [0, 0.1) is 10.1 Å². The van der Waals surface area contributed by atoms with Gasteiger partial charge in [0.25, 0.3) is 5.69 Å². The van der Waals surface area contributed by atoms with E-state index in [1.54, 1.807) is 30.3 Å². The van der Waals surface area contributed by atoms with Crippen LogP contribution in [0.3, 0.4) is 0 Å². The number of phenols is 1. The molecule has 0 aromatic heterocycles. The molecule has 0 spiro atoms. The van der Waals surface area contributed by atoms with Crippen molar-refractivity contribution in [2.24, 2.45) is 0 Å². The van der Waals surface area contributed by atoms with Crippen LogP contribution in [0.25, 0.3) is 0 Å². The molecule has 110 valence electrons. The van der Waals surface area contributed by atoms with Crippen molar-refractivity contribution in [2.45, 2.75) is 23.1 Å². The molecule has 6 heteroatoms. The van der Waals surface area contributed by atoms with E-state index in [0.717, 1.165) is 6.42 Å². The molecule has 0 aliphatic heterocycles. The number of hydrogen-bond acceptors (Lipinski definition) is 5. The zero-order valence-electron chi connectivity index (χ0n) is 11.5. The van der Waals surface area contributed by atoms with Crippen molar-refractivity contribution in [2.75, 3.05) is 6.61 Å². The minimum atomic E-state index is -0.451. The third-order valence-electron chi connectivity index (χ3n) is 2.64. The summed E-state index contributed by atoms with van der Waals surface area (Å²) < 4.78 is 5.47. The molecule has 5 nitrogen and oxygen atoms in total. The Labute approximate surface area is 126 Å². The van der Waals surface area contributed by atoms with Crippen molar-refractivity contribution >= 4 is 17.4 Å².